The number of alkyl halides is 3. The van der Waals surface area contributed by atoms with Crippen LogP contribution in [0.5, 0.6) is 0 Å². The topological polar surface area (TPSA) is 20.2 Å². The van der Waals surface area contributed by atoms with E-state index in [2.05, 4.69) is 0 Å². The quantitative estimate of drug-likeness (QED) is 0.739. The van der Waals surface area contributed by atoms with Gasteiger partial charge in [0.05, 0.1) is 11.5 Å². The van der Waals surface area contributed by atoms with E-state index in [9.17, 15) is 18.3 Å². The van der Waals surface area contributed by atoms with Crippen molar-refractivity contribution >= 4 is 0 Å². The van der Waals surface area contributed by atoms with Gasteiger partial charge in [0.15, 0.2) is 0 Å². The molecule has 1 atom stereocenters. The first-order valence-electron chi connectivity index (χ1n) is 4.33. The van der Waals surface area contributed by atoms with Gasteiger partial charge in [0.25, 0.3) is 0 Å². The van der Waals surface area contributed by atoms with Crippen LogP contribution in [0.3, 0.4) is 0 Å². The van der Waals surface area contributed by atoms with Gasteiger partial charge in [0.1, 0.15) is 0 Å². The van der Waals surface area contributed by atoms with Crippen molar-refractivity contribution in [1.29, 1.82) is 0 Å². The van der Waals surface area contributed by atoms with Gasteiger partial charge in [0.2, 0.25) is 0 Å². The van der Waals surface area contributed by atoms with Crippen LogP contribution in [0.1, 0.15) is 34.1 Å². The summed E-state index contributed by atoms with van der Waals surface area (Å²) in [7, 11) is 0. The van der Waals surface area contributed by atoms with Crippen LogP contribution in [0, 0.1) is 11.8 Å². The van der Waals surface area contributed by atoms with Crippen molar-refractivity contribution in [2.24, 2.45) is 11.8 Å². The third kappa shape index (κ3) is 5.13. The van der Waals surface area contributed by atoms with E-state index >= 15 is 0 Å². The highest BCUT2D eigenvalue weighted by Crippen LogP contribution is 2.37. The van der Waals surface area contributed by atoms with Gasteiger partial charge < -0.3 is 5.11 Å². The van der Waals surface area contributed by atoms with Crippen molar-refractivity contribution in [3.05, 3.63) is 0 Å². The second-order valence-electron chi connectivity index (χ2n) is 4.41. The van der Waals surface area contributed by atoms with Crippen LogP contribution in [0.4, 0.5) is 13.2 Å². The lowest BCUT2D eigenvalue weighted by atomic mass is 9.85. The normalized spacial score (nSPS) is 16.4. The van der Waals surface area contributed by atoms with Crippen molar-refractivity contribution in [2.75, 3.05) is 0 Å². The summed E-state index contributed by atoms with van der Waals surface area (Å²) in [5.41, 5.74) is -1.26. The van der Waals surface area contributed by atoms with Crippen molar-refractivity contribution < 1.29 is 18.3 Å². The molecule has 0 fully saturated rings. The molecule has 13 heavy (non-hydrogen) atoms. The molecule has 80 valence electrons. The summed E-state index contributed by atoms with van der Waals surface area (Å²) in [4.78, 5) is 0. The lowest BCUT2D eigenvalue weighted by Crippen LogP contribution is -2.35. The highest BCUT2D eigenvalue weighted by atomic mass is 19.4. The summed E-state index contributed by atoms with van der Waals surface area (Å²) >= 11 is 0. The van der Waals surface area contributed by atoms with Crippen molar-refractivity contribution in [3.63, 3.8) is 0 Å². The molecule has 0 aromatic heterocycles. The minimum Gasteiger partial charge on any atom is -0.390 e. The first kappa shape index (κ1) is 12.8. The molecule has 0 aliphatic heterocycles. The lowest BCUT2D eigenvalue weighted by molar-refractivity contribution is -0.198. The average Bonchev–Trinajstić information content (AvgIpc) is 1.77. The molecular formula is C9H17F3O. The highest BCUT2D eigenvalue weighted by Gasteiger charge is 2.43. The summed E-state index contributed by atoms with van der Waals surface area (Å²) in [5, 5.41) is 9.30. The fourth-order valence-corrected chi connectivity index (χ4v) is 1.27. The Hall–Kier alpha value is -0.250. The lowest BCUT2D eigenvalue weighted by Gasteiger charge is -2.29. The zero-order valence-electron chi connectivity index (χ0n) is 8.44. The molecule has 0 spiro atoms. The van der Waals surface area contributed by atoms with E-state index in [4.69, 9.17) is 0 Å². The molecule has 0 heterocycles. The maximum Gasteiger partial charge on any atom is 0.392 e. The first-order valence-corrected chi connectivity index (χ1v) is 4.33. The molecular weight excluding hydrogens is 181 g/mol. The Morgan fingerprint density at radius 2 is 1.54 bits per heavy atom. The van der Waals surface area contributed by atoms with Crippen molar-refractivity contribution in [2.45, 2.75) is 45.9 Å². The van der Waals surface area contributed by atoms with E-state index in [1.165, 1.54) is 27.7 Å². The van der Waals surface area contributed by atoms with Crippen LogP contribution < -0.4 is 0 Å². The second-order valence-corrected chi connectivity index (χ2v) is 4.41. The second kappa shape index (κ2) is 3.86. The van der Waals surface area contributed by atoms with Crippen LogP contribution in [0.2, 0.25) is 0 Å². The molecule has 0 amide bonds. The van der Waals surface area contributed by atoms with Gasteiger partial charge >= 0.3 is 6.18 Å². The minimum absolute atomic E-state index is 0.242. The third-order valence-corrected chi connectivity index (χ3v) is 1.94. The molecule has 0 saturated heterocycles. The maximum absolute atomic E-state index is 12.4. The third-order valence-electron chi connectivity index (χ3n) is 1.94. The van der Waals surface area contributed by atoms with Crippen molar-refractivity contribution in [1.82, 2.24) is 0 Å². The van der Waals surface area contributed by atoms with E-state index in [1.54, 1.807) is 0 Å². The Balaban J connectivity index is 4.47. The van der Waals surface area contributed by atoms with Crippen LogP contribution in [0.15, 0.2) is 0 Å². The zero-order chi connectivity index (χ0) is 10.9. The van der Waals surface area contributed by atoms with E-state index < -0.39 is 23.6 Å². The Bertz CT molecular complexity index is 155. The Morgan fingerprint density at radius 3 is 1.62 bits per heavy atom. The zero-order valence-corrected chi connectivity index (χ0v) is 8.44. The van der Waals surface area contributed by atoms with E-state index in [0.29, 0.717) is 0 Å². The Kier molecular flexibility index (Phi) is 3.79. The van der Waals surface area contributed by atoms with E-state index in [-0.39, 0.29) is 6.42 Å². The van der Waals surface area contributed by atoms with Gasteiger partial charge in [-0.1, -0.05) is 13.8 Å². The SMILES string of the molecule is CC(C)[C@@H](CC(C)(C)O)C(F)(F)F. The van der Waals surface area contributed by atoms with Gasteiger partial charge in [-0.2, -0.15) is 13.2 Å². The van der Waals surface area contributed by atoms with E-state index in [1.807, 2.05) is 0 Å². The molecule has 0 aromatic rings. The van der Waals surface area contributed by atoms with Gasteiger partial charge in [0, 0.05) is 0 Å². The van der Waals surface area contributed by atoms with E-state index in [0.717, 1.165) is 0 Å². The summed E-state index contributed by atoms with van der Waals surface area (Å²) in [6, 6.07) is 0. The first-order chi connectivity index (χ1) is 5.54. The van der Waals surface area contributed by atoms with Crippen LogP contribution in [-0.4, -0.2) is 16.9 Å². The minimum atomic E-state index is -4.21. The fourth-order valence-electron chi connectivity index (χ4n) is 1.27. The number of aliphatic hydroxyl groups is 1. The molecule has 1 N–H and O–H groups in total. The number of halogens is 3. The van der Waals surface area contributed by atoms with Crippen LogP contribution in [0.25, 0.3) is 0 Å². The summed E-state index contributed by atoms with van der Waals surface area (Å²) in [6.07, 6.45) is -4.46. The van der Waals surface area contributed by atoms with Gasteiger partial charge in [-0.15, -0.1) is 0 Å². The number of rotatable bonds is 3. The van der Waals surface area contributed by atoms with Gasteiger partial charge in [-0.3, -0.25) is 0 Å². The molecule has 0 aliphatic carbocycles. The molecule has 1 nitrogen and oxygen atoms in total. The van der Waals surface area contributed by atoms with Gasteiger partial charge in [-0.05, 0) is 26.2 Å². The standard InChI is InChI=1S/C9H17F3O/c1-6(2)7(9(10,11)12)5-8(3,4)13/h6-7,13H,5H2,1-4H3/t7-/m1/s1. The molecule has 0 bridgehead atoms. The number of hydrogen-bond donors (Lipinski definition) is 1. The predicted octanol–water partition coefficient (Wildman–Crippen LogP) is 2.98. The summed E-state index contributed by atoms with van der Waals surface area (Å²) < 4.78 is 37.2. The summed E-state index contributed by atoms with van der Waals surface area (Å²) in [5.74, 6) is -1.92. The molecule has 0 rings (SSSR count). The highest BCUT2D eigenvalue weighted by molar-refractivity contribution is 4.78. The number of hydrogen-bond acceptors (Lipinski definition) is 1. The fraction of sp³-hybridized carbons (Fsp3) is 1.00. The summed E-state index contributed by atoms with van der Waals surface area (Å²) in [6.45, 7) is 5.83. The predicted molar refractivity (Wildman–Crippen MR) is 45.3 cm³/mol. The molecule has 0 aliphatic rings. The smallest absolute Gasteiger partial charge is 0.390 e. The molecule has 0 saturated carbocycles. The van der Waals surface area contributed by atoms with Gasteiger partial charge in [-0.25, -0.2) is 0 Å². The molecule has 4 heteroatoms. The largest absolute Gasteiger partial charge is 0.392 e. The Morgan fingerprint density at radius 1 is 1.15 bits per heavy atom. The van der Waals surface area contributed by atoms with Crippen molar-refractivity contribution in [3.8, 4) is 0 Å². The Labute approximate surface area is 76.9 Å². The monoisotopic (exact) mass is 198 g/mol. The van der Waals surface area contributed by atoms with Crippen LogP contribution in [-0.2, 0) is 0 Å². The maximum atomic E-state index is 12.4. The molecule has 0 unspecified atom stereocenters. The average molecular weight is 198 g/mol. The molecule has 0 radical (unpaired) electrons. The molecule has 0 aromatic carbocycles. The van der Waals surface area contributed by atoms with Crippen LogP contribution >= 0.6 is 0 Å².